The Balaban J connectivity index is 3.32. The van der Waals surface area contributed by atoms with Gasteiger partial charge in [-0.15, -0.1) is 0 Å². The van der Waals surface area contributed by atoms with Crippen LogP contribution in [0.1, 0.15) is 36.0 Å². The molecule has 0 amide bonds. The number of benzene rings is 1. The molecular weight excluding hydrogens is 224 g/mol. The molecule has 1 atom stereocenters. The maximum absolute atomic E-state index is 10.6. The summed E-state index contributed by atoms with van der Waals surface area (Å²) in [6.07, 6.45) is 1.40. The fraction of sp³-hybridized carbons (Fsp3) is 0.462. The molecule has 0 spiro atoms. The fourth-order valence-corrected chi connectivity index (χ4v) is 2.60. The molecule has 0 radical (unpaired) electrons. The average molecular weight is 241 g/mol. The van der Waals surface area contributed by atoms with Gasteiger partial charge in [-0.1, -0.05) is 18.5 Å². The van der Waals surface area contributed by atoms with Gasteiger partial charge >= 0.3 is 0 Å². The van der Waals surface area contributed by atoms with Gasteiger partial charge in [0.05, 0.1) is 7.11 Å². The van der Waals surface area contributed by atoms with Crippen molar-refractivity contribution in [3.8, 4) is 5.75 Å². The van der Waals surface area contributed by atoms with Gasteiger partial charge < -0.3 is 9.53 Å². The van der Waals surface area contributed by atoms with Crippen molar-refractivity contribution < 1.29 is 9.53 Å². The van der Waals surface area contributed by atoms with E-state index >= 15 is 0 Å². The van der Waals surface area contributed by atoms with Crippen LogP contribution in [0.3, 0.4) is 0 Å². The molecule has 16 heavy (non-hydrogen) atoms. The third kappa shape index (κ3) is 2.38. The first-order valence-electron chi connectivity index (χ1n) is 5.30. The Morgan fingerprint density at radius 2 is 2.12 bits per heavy atom. The highest BCUT2D eigenvalue weighted by atomic mass is 35.5. The third-order valence-electron chi connectivity index (χ3n) is 2.85. The van der Waals surface area contributed by atoms with Gasteiger partial charge in [0.1, 0.15) is 12.0 Å². The largest absolute Gasteiger partial charge is 0.496 e. The lowest BCUT2D eigenvalue weighted by Crippen LogP contribution is -2.02. The summed E-state index contributed by atoms with van der Waals surface area (Å²) in [6, 6.07) is 1.89. The summed E-state index contributed by atoms with van der Waals surface area (Å²) < 4.78 is 5.35. The third-order valence-corrected chi connectivity index (χ3v) is 3.16. The van der Waals surface area contributed by atoms with Gasteiger partial charge in [-0.3, -0.25) is 0 Å². The first kappa shape index (κ1) is 13.0. The maximum Gasteiger partial charge on any atom is 0.125 e. The van der Waals surface area contributed by atoms with E-state index < -0.39 is 0 Å². The lowest BCUT2D eigenvalue weighted by molar-refractivity contribution is -0.108. The van der Waals surface area contributed by atoms with E-state index in [1.807, 2.05) is 26.8 Å². The van der Waals surface area contributed by atoms with Crippen LogP contribution in [0, 0.1) is 13.8 Å². The first-order chi connectivity index (χ1) is 7.52. The number of methoxy groups -OCH3 is 1. The SMILES string of the molecule is COc1c(C)cc(Cl)c(C(C)CC=O)c1C. The number of aldehydes is 1. The molecule has 1 aromatic carbocycles. The van der Waals surface area contributed by atoms with Gasteiger partial charge in [0.25, 0.3) is 0 Å². The number of hydrogen-bond donors (Lipinski definition) is 0. The monoisotopic (exact) mass is 240 g/mol. The summed E-state index contributed by atoms with van der Waals surface area (Å²) in [6.45, 7) is 5.94. The van der Waals surface area contributed by atoms with E-state index in [1.165, 1.54) is 0 Å². The summed E-state index contributed by atoms with van der Waals surface area (Å²) in [5, 5.41) is 0.713. The number of ether oxygens (including phenoxy) is 1. The zero-order valence-electron chi connectivity index (χ0n) is 10.1. The van der Waals surface area contributed by atoms with Crippen molar-refractivity contribution in [2.75, 3.05) is 7.11 Å². The van der Waals surface area contributed by atoms with Gasteiger partial charge in [0.15, 0.2) is 0 Å². The second kappa shape index (κ2) is 5.35. The molecule has 0 aliphatic carbocycles. The highest BCUT2D eigenvalue weighted by Crippen LogP contribution is 2.37. The molecule has 0 bridgehead atoms. The summed E-state index contributed by atoms with van der Waals surface area (Å²) in [4.78, 5) is 10.6. The van der Waals surface area contributed by atoms with Crippen LogP contribution in [0.15, 0.2) is 6.07 Å². The smallest absolute Gasteiger partial charge is 0.125 e. The van der Waals surface area contributed by atoms with Gasteiger partial charge in [0, 0.05) is 11.4 Å². The molecule has 0 fully saturated rings. The Morgan fingerprint density at radius 3 is 2.62 bits per heavy atom. The van der Waals surface area contributed by atoms with Crippen molar-refractivity contribution >= 4 is 17.9 Å². The van der Waals surface area contributed by atoms with Crippen molar-refractivity contribution in [3.05, 3.63) is 27.8 Å². The van der Waals surface area contributed by atoms with E-state index in [9.17, 15) is 4.79 Å². The van der Waals surface area contributed by atoms with Crippen LogP contribution in [0.5, 0.6) is 5.75 Å². The average Bonchev–Trinajstić information content (AvgIpc) is 2.17. The van der Waals surface area contributed by atoms with Crippen molar-refractivity contribution in [2.24, 2.45) is 0 Å². The van der Waals surface area contributed by atoms with E-state index in [1.54, 1.807) is 7.11 Å². The standard InChI is InChI=1S/C13H17ClO2/c1-8(5-6-15)12-10(3)13(16-4)9(2)7-11(12)14/h6-8H,5H2,1-4H3. The molecule has 0 aromatic heterocycles. The Morgan fingerprint density at radius 1 is 1.50 bits per heavy atom. The lowest BCUT2D eigenvalue weighted by atomic mass is 9.92. The highest BCUT2D eigenvalue weighted by Gasteiger charge is 2.17. The fourth-order valence-electron chi connectivity index (χ4n) is 2.11. The Hall–Kier alpha value is -1.02. The zero-order valence-corrected chi connectivity index (χ0v) is 10.9. The van der Waals surface area contributed by atoms with E-state index in [4.69, 9.17) is 16.3 Å². The number of carbonyl (C=O) groups is 1. The van der Waals surface area contributed by atoms with Crippen molar-refractivity contribution in [1.82, 2.24) is 0 Å². The number of carbonyl (C=O) groups excluding carboxylic acids is 1. The molecule has 88 valence electrons. The Labute approximate surface area is 102 Å². The molecule has 2 nitrogen and oxygen atoms in total. The number of hydrogen-bond acceptors (Lipinski definition) is 2. The van der Waals surface area contributed by atoms with E-state index in [-0.39, 0.29) is 5.92 Å². The second-order valence-electron chi connectivity index (χ2n) is 4.05. The number of rotatable bonds is 4. The molecule has 0 heterocycles. The molecule has 0 N–H and O–H groups in total. The molecule has 0 saturated heterocycles. The number of aryl methyl sites for hydroxylation is 1. The minimum Gasteiger partial charge on any atom is -0.496 e. The van der Waals surface area contributed by atoms with Crippen molar-refractivity contribution in [2.45, 2.75) is 33.1 Å². The van der Waals surface area contributed by atoms with Crippen LogP contribution in [0.2, 0.25) is 5.02 Å². The molecule has 1 aromatic rings. The molecule has 0 saturated carbocycles. The predicted molar refractivity (Wildman–Crippen MR) is 66.6 cm³/mol. The summed E-state index contributed by atoms with van der Waals surface area (Å²) in [5.74, 6) is 0.983. The van der Waals surface area contributed by atoms with E-state index in [2.05, 4.69) is 0 Å². The normalized spacial score (nSPS) is 12.3. The van der Waals surface area contributed by atoms with Gasteiger partial charge in [-0.05, 0) is 42.5 Å². The summed E-state index contributed by atoms with van der Waals surface area (Å²) in [7, 11) is 1.65. The quantitative estimate of drug-likeness (QED) is 0.751. The minimum atomic E-state index is 0.125. The molecule has 0 aliphatic rings. The number of halogens is 1. The first-order valence-corrected chi connectivity index (χ1v) is 5.67. The van der Waals surface area contributed by atoms with Crippen LogP contribution in [-0.2, 0) is 4.79 Å². The lowest BCUT2D eigenvalue weighted by Gasteiger charge is -2.18. The molecule has 3 heteroatoms. The van der Waals surface area contributed by atoms with Crippen LogP contribution < -0.4 is 4.74 Å². The maximum atomic E-state index is 10.6. The Bertz CT molecular complexity index is 399. The van der Waals surface area contributed by atoms with Gasteiger partial charge in [-0.2, -0.15) is 0 Å². The zero-order chi connectivity index (χ0) is 12.3. The van der Waals surface area contributed by atoms with Gasteiger partial charge in [0.2, 0.25) is 0 Å². The molecule has 1 unspecified atom stereocenters. The van der Waals surface area contributed by atoms with Crippen LogP contribution in [0.4, 0.5) is 0 Å². The molecular formula is C13H17ClO2. The van der Waals surface area contributed by atoms with E-state index in [0.717, 1.165) is 28.7 Å². The Kier molecular flexibility index (Phi) is 4.36. The summed E-state index contributed by atoms with van der Waals surface area (Å²) in [5.41, 5.74) is 3.06. The van der Waals surface area contributed by atoms with Crippen LogP contribution >= 0.6 is 11.6 Å². The predicted octanol–water partition coefficient (Wildman–Crippen LogP) is 3.66. The van der Waals surface area contributed by atoms with Crippen LogP contribution in [-0.4, -0.2) is 13.4 Å². The molecule has 1 rings (SSSR count). The summed E-state index contributed by atoms with van der Waals surface area (Å²) >= 11 is 6.22. The minimum absolute atomic E-state index is 0.125. The van der Waals surface area contributed by atoms with Crippen molar-refractivity contribution in [3.63, 3.8) is 0 Å². The van der Waals surface area contributed by atoms with E-state index in [0.29, 0.717) is 11.4 Å². The van der Waals surface area contributed by atoms with Crippen molar-refractivity contribution in [1.29, 1.82) is 0 Å². The topological polar surface area (TPSA) is 26.3 Å². The second-order valence-corrected chi connectivity index (χ2v) is 4.46. The highest BCUT2D eigenvalue weighted by molar-refractivity contribution is 6.31. The molecule has 0 aliphatic heterocycles. The van der Waals surface area contributed by atoms with Gasteiger partial charge in [-0.25, -0.2) is 0 Å². The van der Waals surface area contributed by atoms with Crippen LogP contribution in [0.25, 0.3) is 0 Å².